The predicted octanol–water partition coefficient (Wildman–Crippen LogP) is 0.563. The molecule has 0 bridgehead atoms. The van der Waals surface area contributed by atoms with Crippen LogP contribution in [0, 0.1) is 19.3 Å². The van der Waals surface area contributed by atoms with Gasteiger partial charge in [0, 0.05) is 11.9 Å². The van der Waals surface area contributed by atoms with Crippen molar-refractivity contribution >= 4 is 5.84 Å². The van der Waals surface area contributed by atoms with Gasteiger partial charge in [-0.05, 0) is 26.0 Å². The Morgan fingerprint density at radius 1 is 1.31 bits per heavy atom. The van der Waals surface area contributed by atoms with E-state index in [1.165, 1.54) is 0 Å². The minimum absolute atomic E-state index is 0.0735. The number of hydrogen-bond donors (Lipinski definition) is 2. The van der Waals surface area contributed by atoms with Crippen LogP contribution in [0.1, 0.15) is 17.1 Å². The first-order valence-corrected chi connectivity index (χ1v) is 4.79. The monoisotopic (exact) mass is 216 g/mol. The first kappa shape index (κ1) is 10.3. The number of hydrogen-bond acceptors (Lipinski definition) is 4. The van der Waals surface area contributed by atoms with Gasteiger partial charge in [0.2, 0.25) is 0 Å². The van der Waals surface area contributed by atoms with Crippen LogP contribution in [0.5, 0.6) is 0 Å². The fourth-order valence-electron chi connectivity index (χ4n) is 1.32. The second kappa shape index (κ2) is 3.73. The average Bonchev–Trinajstić information content (AvgIpc) is 2.64. The fraction of sp³-hybridized carbons (Fsp3) is 0.200. The van der Waals surface area contributed by atoms with Crippen molar-refractivity contribution in [1.29, 1.82) is 5.41 Å². The van der Waals surface area contributed by atoms with Crippen molar-refractivity contribution in [1.82, 2.24) is 19.7 Å². The Hall–Kier alpha value is -2.24. The quantitative estimate of drug-likeness (QED) is 0.566. The van der Waals surface area contributed by atoms with Crippen LogP contribution in [0.15, 0.2) is 18.3 Å². The zero-order valence-electron chi connectivity index (χ0n) is 9.10. The Bertz CT molecular complexity index is 542. The largest absolute Gasteiger partial charge is 0.382 e. The van der Waals surface area contributed by atoms with Gasteiger partial charge in [-0.1, -0.05) is 0 Å². The van der Waals surface area contributed by atoms with E-state index >= 15 is 0 Å². The van der Waals surface area contributed by atoms with E-state index in [0.717, 1.165) is 11.4 Å². The SMILES string of the molecule is Cc1cc(C(=N)N)nc(-n2ccc(C)n2)n1. The topological polar surface area (TPSA) is 93.5 Å². The summed E-state index contributed by atoms with van der Waals surface area (Å²) in [5.41, 5.74) is 7.45. The van der Waals surface area contributed by atoms with Gasteiger partial charge in [0.25, 0.3) is 5.95 Å². The third-order valence-electron chi connectivity index (χ3n) is 2.05. The summed E-state index contributed by atoms with van der Waals surface area (Å²) in [5, 5.41) is 11.6. The van der Waals surface area contributed by atoms with Crippen molar-refractivity contribution in [3.63, 3.8) is 0 Å². The molecule has 0 unspecified atom stereocenters. The molecule has 0 aromatic carbocycles. The standard InChI is InChI=1S/C10H12N6/c1-6-3-4-16(15-6)10-13-7(2)5-8(14-10)9(11)12/h3-5H,1-2H3,(H3,11,12). The average molecular weight is 216 g/mol. The van der Waals surface area contributed by atoms with Crippen LogP contribution in [-0.4, -0.2) is 25.6 Å². The molecule has 6 heteroatoms. The normalized spacial score (nSPS) is 10.4. The summed E-state index contributed by atoms with van der Waals surface area (Å²) in [6, 6.07) is 3.53. The number of nitrogen functional groups attached to an aromatic ring is 1. The van der Waals surface area contributed by atoms with Crippen LogP contribution in [0.3, 0.4) is 0 Å². The first-order valence-electron chi connectivity index (χ1n) is 4.79. The Morgan fingerprint density at radius 2 is 2.06 bits per heavy atom. The van der Waals surface area contributed by atoms with Crippen LogP contribution in [0.25, 0.3) is 5.95 Å². The summed E-state index contributed by atoms with van der Waals surface area (Å²) in [4.78, 5) is 8.39. The molecule has 0 amide bonds. The van der Waals surface area contributed by atoms with Crippen molar-refractivity contribution in [2.45, 2.75) is 13.8 Å². The fourth-order valence-corrected chi connectivity index (χ4v) is 1.32. The van der Waals surface area contributed by atoms with Crippen molar-refractivity contribution in [3.05, 3.63) is 35.4 Å². The number of nitrogens with one attached hydrogen (secondary N) is 1. The van der Waals surface area contributed by atoms with E-state index in [1.807, 2.05) is 19.9 Å². The lowest BCUT2D eigenvalue weighted by atomic mass is 10.3. The molecular formula is C10H12N6. The molecule has 0 spiro atoms. The highest BCUT2D eigenvalue weighted by Gasteiger charge is 2.06. The summed E-state index contributed by atoms with van der Waals surface area (Å²) in [7, 11) is 0. The Morgan fingerprint density at radius 3 is 2.62 bits per heavy atom. The molecule has 0 fully saturated rings. The smallest absolute Gasteiger partial charge is 0.251 e. The number of aromatic nitrogens is 4. The summed E-state index contributed by atoms with van der Waals surface area (Å²) in [5.74, 6) is 0.355. The molecule has 16 heavy (non-hydrogen) atoms. The number of nitrogens with two attached hydrogens (primary N) is 1. The zero-order valence-corrected chi connectivity index (χ0v) is 9.10. The zero-order chi connectivity index (χ0) is 11.7. The maximum Gasteiger partial charge on any atom is 0.251 e. The molecule has 2 heterocycles. The van der Waals surface area contributed by atoms with Gasteiger partial charge >= 0.3 is 0 Å². The van der Waals surface area contributed by atoms with E-state index in [2.05, 4.69) is 15.1 Å². The van der Waals surface area contributed by atoms with Gasteiger partial charge in [0.05, 0.1) is 5.69 Å². The van der Waals surface area contributed by atoms with Gasteiger partial charge in [0.15, 0.2) is 0 Å². The van der Waals surface area contributed by atoms with Crippen LogP contribution in [0.2, 0.25) is 0 Å². The molecular weight excluding hydrogens is 204 g/mol. The third-order valence-corrected chi connectivity index (χ3v) is 2.05. The minimum atomic E-state index is -0.0735. The molecule has 0 aliphatic heterocycles. The van der Waals surface area contributed by atoms with Crippen molar-refractivity contribution in [2.75, 3.05) is 0 Å². The highest BCUT2D eigenvalue weighted by Crippen LogP contribution is 2.05. The highest BCUT2D eigenvalue weighted by molar-refractivity contribution is 5.93. The molecule has 0 saturated carbocycles. The molecule has 2 aromatic rings. The number of rotatable bonds is 2. The maximum absolute atomic E-state index is 7.35. The number of amidine groups is 1. The summed E-state index contributed by atoms with van der Waals surface area (Å²) in [6.45, 7) is 3.71. The van der Waals surface area contributed by atoms with Gasteiger partial charge in [-0.2, -0.15) is 5.10 Å². The van der Waals surface area contributed by atoms with Crippen molar-refractivity contribution < 1.29 is 0 Å². The third kappa shape index (κ3) is 1.90. The van der Waals surface area contributed by atoms with Crippen LogP contribution < -0.4 is 5.73 Å². The van der Waals surface area contributed by atoms with Crippen molar-refractivity contribution in [3.8, 4) is 5.95 Å². The summed E-state index contributed by atoms with van der Waals surface area (Å²) < 4.78 is 1.56. The van der Waals surface area contributed by atoms with E-state index in [9.17, 15) is 0 Å². The molecule has 3 N–H and O–H groups in total. The highest BCUT2D eigenvalue weighted by atomic mass is 15.3. The number of nitrogens with zero attached hydrogens (tertiary/aromatic N) is 4. The molecule has 0 atom stereocenters. The molecule has 0 radical (unpaired) electrons. The van der Waals surface area contributed by atoms with Crippen molar-refractivity contribution in [2.24, 2.45) is 5.73 Å². The van der Waals surface area contributed by atoms with Crippen LogP contribution >= 0.6 is 0 Å². The molecule has 0 saturated heterocycles. The lowest BCUT2D eigenvalue weighted by Gasteiger charge is -2.04. The molecule has 6 nitrogen and oxygen atoms in total. The number of aryl methyl sites for hydroxylation is 2. The minimum Gasteiger partial charge on any atom is -0.382 e. The summed E-state index contributed by atoms with van der Waals surface area (Å²) >= 11 is 0. The van der Waals surface area contributed by atoms with E-state index < -0.39 is 0 Å². The molecule has 0 aliphatic carbocycles. The Balaban J connectivity index is 2.53. The second-order valence-corrected chi connectivity index (χ2v) is 3.51. The van der Waals surface area contributed by atoms with Gasteiger partial charge in [-0.3, -0.25) is 5.41 Å². The molecule has 2 aromatic heterocycles. The maximum atomic E-state index is 7.35. The van der Waals surface area contributed by atoms with Gasteiger partial charge in [0.1, 0.15) is 11.5 Å². The predicted molar refractivity (Wildman–Crippen MR) is 59.6 cm³/mol. The first-order chi connectivity index (χ1) is 7.56. The van der Waals surface area contributed by atoms with E-state index in [0.29, 0.717) is 11.6 Å². The lowest BCUT2D eigenvalue weighted by Crippen LogP contribution is -2.16. The van der Waals surface area contributed by atoms with E-state index in [4.69, 9.17) is 11.1 Å². The molecule has 82 valence electrons. The Labute approximate surface area is 92.7 Å². The van der Waals surface area contributed by atoms with E-state index in [1.54, 1.807) is 16.9 Å². The van der Waals surface area contributed by atoms with Crippen LogP contribution in [-0.2, 0) is 0 Å². The van der Waals surface area contributed by atoms with Gasteiger partial charge in [-0.15, -0.1) is 0 Å². The van der Waals surface area contributed by atoms with E-state index in [-0.39, 0.29) is 5.84 Å². The molecule has 0 aliphatic rings. The second-order valence-electron chi connectivity index (χ2n) is 3.51. The van der Waals surface area contributed by atoms with Gasteiger partial charge < -0.3 is 5.73 Å². The lowest BCUT2D eigenvalue weighted by molar-refractivity contribution is 0.788. The van der Waals surface area contributed by atoms with Crippen LogP contribution in [0.4, 0.5) is 0 Å². The van der Waals surface area contributed by atoms with Gasteiger partial charge in [-0.25, -0.2) is 14.6 Å². The Kier molecular flexibility index (Phi) is 2.40. The molecule has 2 rings (SSSR count). The summed E-state index contributed by atoms with van der Waals surface area (Å²) in [6.07, 6.45) is 1.77.